The molecule has 0 unspecified atom stereocenters. The average Bonchev–Trinajstić information content (AvgIpc) is 2.48. The molecule has 0 aliphatic rings. The maximum atomic E-state index is 12.3. The van der Waals surface area contributed by atoms with Gasteiger partial charge in [-0.25, -0.2) is 23.1 Å². The normalized spacial score (nSPS) is 11.3. The molecule has 0 aliphatic heterocycles. The van der Waals surface area contributed by atoms with Crippen molar-refractivity contribution in [2.75, 3.05) is 11.3 Å². The van der Waals surface area contributed by atoms with E-state index >= 15 is 0 Å². The summed E-state index contributed by atoms with van der Waals surface area (Å²) in [6, 6.07) is 8.43. The summed E-state index contributed by atoms with van der Waals surface area (Å²) in [4.78, 5) is 7.92. The number of anilines is 1. The molecule has 0 aliphatic carbocycles. The van der Waals surface area contributed by atoms with E-state index < -0.39 is 10.0 Å². The lowest BCUT2D eigenvalue weighted by molar-refractivity contribution is 0.600. The Labute approximate surface area is 124 Å². The lowest BCUT2D eigenvalue weighted by Gasteiger charge is -2.08. The fourth-order valence-corrected chi connectivity index (χ4v) is 2.79. The largest absolute Gasteiger partial charge is 0.313 e. The molecule has 2 aromatic rings. The number of rotatable bonds is 7. The van der Waals surface area contributed by atoms with Crippen LogP contribution in [0.1, 0.15) is 18.9 Å². The van der Waals surface area contributed by atoms with Gasteiger partial charge in [0.2, 0.25) is 5.95 Å². The predicted octanol–water partition coefficient (Wildman–Crippen LogP) is 1.78. The number of aromatic nitrogens is 2. The number of nitrogens with zero attached hydrogens (tertiary/aromatic N) is 2. The molecule has 2 rings (SSSR count). The Bertz CT molecular complexity index is 674. The van der Waals surface area contributed by atoms with Crippen molar-refractivity contribution >= 4 is 16.0 Å². The molecule has 0 saturated heterocycles. The van der Waals surface area contributed by atoms with Gasteiger partial charge in [0.1, 0.15) is 0 Å². The Morgan fingerprint density at radius 1 is 1.14 bits per heavy atom. The van der Waals surface area contributed by atoms with Gasteiger partial charge in [-0.1, -0.05) is 19.1 Å². The molecule has 1 aromatic heterocycles. The Morgan fingerprint density at radius 3 is 2.62 bits per heavy atom. The lowest BCUT2D eigenvalue weighted by Crippen LogP contribution is -2.17. The number of benzene rings is 1. The van der Waals surface area contributed by atoms with Crippen LogP contribution in [0.5, 0.6) is 0 Å². The SMILES string of the molecule is CCCNCc1cccc(S(=O)(=O)Nc2ncccn2)c1. The van der Waals surface area contributed by atoms with Gasteiger partial charge in [-0.3, -0.25) is 0 Å². The number of sulfonamides is 1. The molecule has 2 N–H and O–H groups in total. The molecular formula is C14H18N4O2S. The Hall–Kier alpha value is -1.99. The fourth-order valence-electron chi connectivity index (χ4n) is 1.76. The minimum atomic E-state index is -3.67. The summed E-state index contributed by atoms with van der Waals surface area (Å²) in [6.45, 7) is 3.61. The van der Waals surface area contributed by atoms with Crippen molar-refractivity contribution in [1.29, 1.82) is 0 Å². The average molecular weight is 306 g/mol. The second-order valence-corrected chi connectivity index (χ2v) is 6.18. The summed E-state index contributed by atoms with van der Waals surface area (Å²) in [6.07, 6.45) is 4.00. The van der Waals surface area contributed by atoms with E-state index in [1.165, 1.54) is 12.4 Å². The van der Waals surface area contributed by atoms with Crippen molar-refractivity contribution in [2.24, 2.45) is 0 Å². The van der Waals surface area contributed by atoms with Gasteiger partial charge in [0.05, 0.1) is 4.90 Å². The van der Waals surface area contributed by atoms with E-state index in [0.29, 0.717) is 6.54 Å². The first kappa shape index (κ1) is 15.4. The van der Waals surface area contributed by atoms with E-state index in [0.717, 1.165) is 18.5 Å². The van der Waals surface area contributed by atoms with Crippen LogP contribution in [0.3, 0.4) is 0 Å². The van der Waals surface area contributed by atoms with Crippen LogP contribution in [0.2, 0.25) is 0 Å². The topological polar surface area (TPSA) is 84.0 Å². The molecule has 7 heteroatoms. The van der Waals surface area contributed by atoms with Gasteiger partial charge >= 0.3 is 0 Å². The van der Waals surface area contributed by atoms with Crippen molar-refractivity contribution in [2.45, 2.75) is 24.8 Å². The zero-order chi connectivity index (χ0) is 15.1. The predicted molar refractivity (Wildman–Crippen MR) is 81.3 cm³/mol. The van der Waals surface area contributed by atoms with Crippen LogP contribution in [-0.2, 0) is 16.6 Å². The van der Waals surface area contributed by atoms with E-state index in [9.17, 15) is 8.42 Å². The molecule has 0 amide bonds. The van der Waals surface area contributed by atoms with Crippen molar-refractivity contribution in [3.8, 4) is 0 Å². The molecule has 1 aromatic carbocycles. The van der Waals surface area contributed by atoms with Gasteiger partial charge in [-0.05, 0) is 36.7 Å². The third-order valence-electron chi connectivity index (χ3n) is 2.76. The minimum Gasteiger partial charge on any atom is -0.313 e. The third kappa shape index (κ3) is 4.51. The van der Waals surface area contributed by atoms with Gasteiger partial charge in [-0.2, -0.15) is 0 Å². The number of hydrogen-bond donors (Lipinski definition) is 2. The molecule has 21 heavy (non-hydrogen) atoms. The highest BCUT2D eigenvalue weighted by Gasteiger charge is 2.15. The van der Waals surface area contributed by atoms with Crippen LogP contribution in [0.15, 0.2) is 47.6 Å². The first-order chi connectivity index (χ1) is 10.1. The Kier molecular flexibility index (Phi) is 5.24. The highest BCUT2D eigenvalue weighted by Crippen LogP contribution is 2.14. The van der Waals surface area contributed by atoms with Crippen molar-refractivity contribution in [3.63, 3.8) is 0 Å². The second kappa shape index (κ2) is 7.14. The van der Waals surface area contributed by atoms with Gasteiger partial charge < -0.3 is 5.32 Å². The van der Waals surface area contributed by atoms with E-state index in [2.05, 4.69) is 26.9 Å². The van der Waals surface area contributed by atoms with Crippen LogP contribution in [0, 0.1) is 0 Å². The molecule has 0 saturated carbocycles. The zero-order valence-corrected chi connectivity index (χ0v) is 12.6. The van der Waals surface area contributed by atoms with Crippen LogP contribution in [-0.4, -0.2) is 24.9 Å². The fraction of sp³-hybridized carbons (Fsp3) is 0.286. The lowest BCUT2D eigenvalue weighted by atomic mass is 10.2. The molecule has 0 radical (unpaired) electrons. The van der Waals surface area contributed by atoms with Gasteiger partial charge in [-0.15, -0.1) is 0 Å². The number of hydrogen-bond acceptors (Lipinski definition) is 5. The summed E-state index contributed by atoms with van der Waals surface area (Å²) in [5.41, 5.74) is 0.917. The molecule has 6 nitrogen and oxygen atoms in total. The van der Waals surface area contributed by atoms with E-state index in [-0.39, 0.29) is 10.8 Å². The highest BCUT2D eigenvalue weighted by molar-refractivity contribution is 7.92. The Balaban J connectivity index is 2.14. The van der Waals surface area contributed by atoms with Crippen LogP contribution in [0.4, 0.5) is 5.95 Å². The smallest absolute Gasteiger partial charge is 0.264 e. The molecule has 1 heterocycles. The van der Waals surface area contributed by atoms with E-state index in [4.69, 9.17) is 0 Å². The maximum absolute atomic E-state index is 12.3. The van der Waals surface area contributed by atoms with Crippen molar-refractivity contribution in [1.82, 2.24) is 15.3 Å². The molecule has 0 fully saturated rings. The van der Waals surface area contributed by atoms with Crippen LogP contribution >= 0.6 is 0 Å². The first-order valence-electron chi connectivity index (χ1n) is 6.71. The van der Waals surface area contributed by atoms with E-state index in [1.807, 2.05) is 6.07 Å². The standard InChI is InChI=1S/C14H18N4O2S/c1-2-7-15-11-12-5-3-6-13(10-12)21(19,20)18-14-16-8-4-9-17-14/h3-6,8-10,15H,2,7,11H2,1H3,(H,16,17,18). The van der Waals surface area contributed by atoms with Crippen molar-refractivity contribution in [3.05, 3.63) is 48.3 Å². The first-order valence-corrected chi connectivity index (χ1v) is 8.19. The summed E-state index contributed by atoms with van der Waals surface area (Å²) < 4.78 is 26.9. The van der Waals surface area contributed by atoms with Gasteiger partial charge in [0, 0.05) is 18.9 Å². The summed E-state index contributed by atoms with van der Waals surface area (Å²) >= 11 is 0. The monoisotopic (exact) mass is 306 g/mol. The Morgan fingerprint density at radius 2 is 1.90 bits per heavy atom. The second-order valence-electron chi connectivity index (χ2n) is 4.50. The molecule has 0 bridgehead atoms. The molecule has 0 spiro atoms. The summed E-state index contributed by atoms with van der Waals surface area (Å²) in [5.74, 6) is 0.0620. The zero-order valence-electron chi connectivity index (χ0n) is 11.8. The van der Waals surface area contributed by atoms with Crippen molar-refractivity contribution < 1.29 is 8.42 Å². The summed E-state index contributed by atoms with van der Waals surface area (Å²) in [5, 5.41) is 3.24. The highest BCUT2D eigenvalue weighted by atomic mass is 32.2. The quantitative estimate of drug-likeness (QED) is 0.762. The maximum Gasteiger partial charge on any atom is 0.264 e. The number of nitrogens with one attached hydrogen (secondary N) is 2. The molecule has 112 valence electrons. The summed E-state index contributed by atoms with van der Waals surface area (Å²) in [7, 11) is -3.67. The third-order valence-corrected chi connectivity index (χ3v) is 4.08. The molecule has 0 atom stereocenters. The molecular weight excluding hydrogens is 288 g/mol. The van der Waals surface area contributed by atoms with Gasteiger partial charge in [0.25, 0.3) is 10.0 Å². The van der Waals surface area contributed by atoms with Crippen LogP contribution in [0.25, 0.3) is 0 Å². The van der Waals surface area contributed by atoms with E-state index in [1.54, 1.807) is 24.3 Å². The van der Waals surface area contributed by atoms with Crippen LogP contribution < -0.4 is 10.0 Å². The minimum absolute atomic E-state index is 0.0620. The van der Waals surface area contributed by atoms with Gasteiger partial charge in [0.15, 0.2) is 0 Å².